The average Bonchev–Trinajstić information content (AvgIpc) is 2.67. The Balaban J connectivity index is 1.67. The minimum absolute atomic E-state index is 0.161. The molecule has 0 aliphatic carbocycles. The monoisotopic (exact) mass is 377 g/mol. The largest absolute Gasteiger partial charge is 0.491 e. The third kappa shape index (κ3) is 5.67. The average molecular weight is 377 g/mol. The first-order chi connectivity index (χ1) is 13.5. The molecule has 2 aromatic heterocycles. The highest BCUT2D eigenvalue weighted by Crippen LogP contribution is 2.21. The molecular formula is C22H27N5O. The van der Waals surface area contributed by atoms with E-state index in [1.54, 1.807) is 0 Å². The first-order valence-electron chi connectivity index (χ1n) is 9.49. The van der Waals surface area contributed by atoms with Crippen LogP contribution in [-0.4, -0.2) is 34.6 Å². The minimum atomic E-state index is 0.161. The van der Waals surface area contributed by atoms with Gasteiger partial charge in [0.25, 0.3) is 0 Å². The molecule has 6 nitrogen and oxygen atoms in total. The molecular weight excluding hydrogens is 350 g/mol. The number of nitrogens with one attached hydrogen (secondary N) is 1. The molecule has 0 amide bonds. The van der Waals surface area contributed by atoms with Crippen LogP contribution in [0.25, 0.3) is 0 Å². The normalized spacial score (nSPS) is 10.8. The van der Waals surface area contributed by atoms with Gasteiger partial charge >= 0.3 is 0 Å². The van der Waals surface area contributed by atoms with E-state index in [4.69, 9.17) is 4.74 Å². The van der Waals surface area contributed by atoms with Gasteiger partial charge in [-0.15, -0.1) is 0 Å². The molecule has 0 radical (unpaired) electrons. The van der Waals surface area contributed by atoms with Crippen molar-refractivity contribution in [3.05, 3.63) is 66.1 Å². The van der Waals surface area contributed by atoms with Gasteiger partial charge < -0.3 is 15.0 Å². The van der Waals surface area contributed by atoms with Crippen LogP contribution < -0.4 is 15.0 Å². The van der Waals surface area contributed by atoms with Crippen molar-refractivity contribution in [2.75, 3.05) is 23.8 Å². The third-order valence-electron chi connectivity index (χ3n) is 4.17. The van der Waals surface area contributed by atoms with Crippen LogP contribution in [0.1, 0.15) is 25.1 Å². The zero-order valence-electron chi connectivity index (χ0n) is 16.9. The topological polar surface area (TPSA) is 63.2 Å². The van der Waals surface area contributed by atoms with Crippen molar-refractivity contribution in [2.45, 2.75) is 33.3 Å². The number of pyridine rings is 1. The number of ether oxygens (including phenoxy) is 1. The molecule has 0 spiro atoms. The summed E-state index contributed by atoms with van der Waals surface area (Å²) in [6.45, 7) is 6.84. The summed E-state index contributed by atoms with van der Waals surface area (Å²) in [6.07, 6.45) is 4.71. The lowest BCUT2D eigenvalue weighted by Crippen LogP contribution is -2.23. The molecule has 6 heteroatoms. The summed E-state index contributed by atoms with van der Waals surface area (Å²) in [5.41, 5.74) is 3.12. The highest BCUT2D eigenvalue weighted by molar-refractivity contribution is 5.58. The third-order valence-corrected chi connectivity index (χ3v) is 4.17. The zero-order valence-corrected chi connectivity index (χ0v) is 16.9. The van der Waals surface area contributed by atoms with Gasteiger partial charge in [0, 0.05) is 43.4 Å². The highest BCUT2D eigenvalue weighted by atomic mass is 16.5. The summed E-state index contributed by atoms with van der Waals surface area (Å²) in [5.74, 6) is 2.34. The molecule has 0 saturated carbocycles. The molecule has 2 heterocycles. The van der Waals surface area contributed by atoms with E-state index in [0.717, 1.165) is 35.9 Å². The van der Waals surface area contributed by atoms with Gasteiger partial charge in [0.2, 0.25) is 5.95 Å². The van der Waals surface area contributed by atoms with Crippen molar-refractivity contribution in [1.29, 1.82) is 0 Å². The molecule has 3 aromatic rings. The Morgan fingerprint density at radius 2 is 1.75 bits per heavy atom. The Morgan fingerprint density at radius 3 is 2.43 bits per heavy atom. The van der Waals surface area contributed by atoms with Crippen molar-refractivity contribution >= 4 is 17.5 Å². The van der Waals surface area contributed by atoms with Gasteiger partial charge in [-0.3, -0.25) is 4.98 Å². The van der Waals surface area contributed by atoms with E-state index in [1.807, 2.05) is 82.7 Å². The second-order valence-electron chi connectivity index (χ2n) is 7.04. The van der Waals surface area contributed by atoms with E-state index in [2.05, 4.69) is 25.2 Å². The molecule has 1 N–H and O–H groups in total. The zero-order chi connectivity index (χ0) is 19.9. The van der Waals surface area contributed by atoms with E-state index in [0.29, 0.717) is 5.95 Å². The maximum absolute atomic E-state index is 5.69. The van der Waals surface area contributed by atoms with Crippen LogP contribution >= 0.6 is 0 Å². The number of benzene rings is 1. The van der Waals surface area contributed by atoms with Crippen molar-refractivity contribution in [2.24, 2.45) is 0 Å². The second kappa shape index (κ2) is 9.17. The van der Waals surface area contributed by atoms with Crippen molar-refractivity contribution in [3.8, 4) is 5.75 Å². The molecule has 0 aliphatic rings. The predicted molar refractivity (Wildman–Crippen MR) is 113 cm³/mol. The number of aromatic nitrogens is 3. The summed E-state index contributed by atoms with van der Waals surface area (Å²) < 4.78 is 5.69. The molecule has 0 unspecified atom stereocenters. The Hall–Kier alpha value is -3.15. The molecule has 0 aliphatic heterocycles. The molecule has 0 bridgehead atoms. The van der Waals surface area contributed by atoms with E-state index < -0.39 is 0 Å². The van der Waals surface area contributed by atoms with Gasteiger partial charge in [-0.05, 0) is 69.2 Å². The Bertz CT molecular complexity index is 881. The van der Waals surface area contributed by atoms with Crippen molar-refractivity contribution in [1.82, 2.24) is 15.0 Å². The standard InChI is InChI=1S/C22H27N5O/c1-16(2)28-20-7-5-19(6-8-20)25-21-15-17(3)24-22(26-21)27(4)14-11-18-9-12-23-13-10-18/h5-10,12-13,15-16H,11,14H2,1-4H3,(H,24,25,26). The van der Waals surface area contributed by atoms with Gasteiger partial charge in [-0.2, -0.15) is 4.98 Å². The van der Waals surface area contributed by atoms with Gasteiger partial charge in [-0.1, -0.05) is 0 Å². The first-order valence-corrected chi connectivity index (χ1v) is 9.49. The van der Waals surface area contributed by atoms with Crippen LogP contribution in [0.15, 0.2) is 54.9 Å². The van der Waals surface area contributed by atoms with Crippen LogP contribution in [0.2, 0.25) is 0 Å². The summed E-state index contributed by atoms with van der Waals surface area (Å²) in [5, 5.41) is 3.35. The van der Waals surface area contributed by atoms with E-state index >= 15 is 0 Å². The molecule has 0 fully saturated rings. The molecule has 0 atom stereocenters. The number of rotatable bonds is 8. The van der Waals surface area contributed by atoms with Crippen molar-refractivity contribution < 1.29 is 4.74 Å². The highest BCUT2D eigenvalue weighted by Gasteiger charge is 2.08. The van der Waals surface area contributed by atoms with E-state index in [9.17, 15) is 0 Å². The smallest absolute Gasteiger partial charge is 0.227 e. The summed E-state index contributed by atoms with van der Waals surface area (Å²) >= 11 is 0. The lowest BCUT2D eigenvalue weighted by atomic mass is 10.2. The fraction of sp³-hybridized carbons (Fsp3) is 0.318. The van der Waals surface area contributed by atoms with Gasteiger partial charge in [-0.25, -0.2) is 4.98 Å². The van der Waals surface area contributed by atoms with Crippen LogP contribution in [-0.2, 0) is 6.42 Å². The first kappa shape index (κ1) is 19.6. The fourth-order valence-corrected chi connectivity index (χ4v) is 2.77. The van der Waals surface area contributed by atoms with Crippen LogP contribution in [0.5, 0.6) is 5.75 Å². The van der Waals surface area contributed by atoms with Gasteiger partial charge in [0.05, 0.1) is 6.10 Å². The number of likely N-dealkylation sites (N-methyl/N-ethyl adjacent to an activating group) is 1. The number of anilines is 3. The second-order valence-corrected chi connectivity index (χ2v) is 7.04. The predicted octanol–water partition coefficient (Wildman–Crippen LogP) is 4.39. The van der Waals surface area contributed by atoms with Crippen LogP contribution in [0, 0.1) is 6.92 Å². The van der Waals surface area contributed by atoms with Crippen LogP contribution in [0.4, 0.5) is 17.5 Å². The maximum Gasteiger partial charge on any atom is 0.227 e. The Kier molecular flexibility index (Phi) is 6.42. The number of hydrogen-bond acceptors (Lipinski definition) is 6. The van der Waals surface area contributed by atoms with Crippen molar-refractivity contribution in [3.63, 3.8) is 0 Å². The number of hydrogen-bond donors (Lipinski definition) is 1. The summed E-state index contributed by atoms with van der Waals surface area (Å²) in [6, 6.07) is 13.9. The number of aryl methyl sites for hydroxylation is 1. The molecule has 1 aromatic carbocycles. The molecule has 28 heavy (non-hydrogen) atoms. The van der Waals surface area contributed by atoms with Crippen LogP contribution in [0.3, 0.4) is 0 Å². The molecule has 0 saturated heterocycles. The fourth-order valence-electron chi connectivity index (χ4n) is 2.77. The molecule has 3 rings (SSSR count). The molecule has 146 valence electrons. The quantitative estimate of drug-likeness (QED) is 0.628. The van der Waals surface area contributed by atoms with Gasteiger partial charge in [0.1, 0.15) is 11.6 Å². The minimum Gasteiger partial charge on any atom is -0.491 e. The lowest BCUT2D eigenvalue weighted by molar-refractivity contribution is 0.242. The summed E-state index contributed by atoms with van der Waals surface area (Å²) in [7, 11) is 2.01. The summed E-state index contributed by atoms with van der Waals surface area (Å²) in [4.78, 5) is 15.4. The maximum atomic E-state index is 5.69. The lowest BCUT2D eigenvalue weighted by Gasteiger charge is -2.18. The number of nitrogens with zero attached hydrogens (tertiary/aromatic N) is 4. The van der Waals surface area contributed by atoms with Gasteiger partial charge in [0.15, 0.2) is 0 Å². The van der Waals surface area contributed by atoms with E-state index in [-0.39, 0.29) is 6.10 Å². The Morgan fingerprint density at radius 1 is 1.04 bits per heavy atom. The Labute approximate surface area is 166 Å². The SMILES string of the molecule is Cc1cc(Nc2ccc(OC(C)C)cc2)nc(N(C)CCc2ccncc2)n1. The van der Waals surface area contributed by atoms with E-state index in [1.165, 1.54) is 5.56 Å².